The number of ether oxygens (including phenoxy) is 1. The minimum atomic E-state index is -0.261. The number of carbonyl (C=O) groups is 1. The zero-order valence-electron chi connectivity index (χ0n) is 11.3. The minimum absolute atomic E-state index is 0.222. The fourth-order valence-corrected chi connectivity index (χ4v) is 3.15. The van der Waals surface area contributed by atoms with Crippen LogP contribution in [0.2, 0.25) is 0 Å². The highest BCUT2D eigenvalue weighted by Crippen LogP contribution is 2.36. The second-order valence-electron chi connectivity index (χ2n) is 4.54. The van der Waals surface area contributed by atoms with Crippen LogP contribution >= 0.6 is 11.3 Å². The molecule has 0 atom stereocenters. The molecule has 0 fully saturated rings. The maximum absolute atomic E-state index is 11.4. The van der Waals surface area contributed by atoms with Crippen molar-refractivity contribution in [3.05, 3.63) is 41.2 Å². The van der Waals surface area contributed by atoms with Crippen LogP contribution < -0.4 is 0 Å². The largest absolute Gasteiger partial charge is 0.469 e. The number of esters is 1. The van der Waals surface area contributed by atoms with Gasteiger partial charge in [0.15, 0.2) is 0 Å². The highest BCUT2D eigenvalue weighted by Gasteiger charge is 2.16. The number of hydrogen-bond donors (Lipinski definition) is 1. The lowest BCUT2D eigenvalue weighted by Crippen LogP contribution is -2.05. The number of nitrogens with zero attached hydrogens (tertiary/aromatic N) is 1. The van der Waals surface area contributed by atoms with Gasteiger partial charge in [0, 0.05) is 22.8 Å². The van der Waals surface area contributed by atoms with Gasteiger partial charge in [0.2, 0.25) is 0 Å². The molecule has 20 heavy (non-hydrogen) atoms. The van der Waals surface area contributed by atoms with Crippen LogP contribution in [0.4, 0.5) is 0 Å². The normalized spacial score (nSPS) is 10.9. The van der Waals surface area contributed by atoms with E-state index in [1.165, 1.54) is 12.7 Å². The number of fused-ring (bicyclic) bond motifs is 1. The lowest BCUT2D eigenvalue weighted by Gasteiger charge is -2.04. The number of aromatic nitrogens is 2. The SMILES string of the molecule is COC(=O)Cc1nc(-c2c[nH]cc3cccc2-3)sc1C. The highest BCUT2D eigenvalue weighted by molar-refractivity contribution is 7.15. The number of thiazole rings is 1. The molecule has 1 aliphatic heterocycles. The molecular formula is C15H14N2O2S. The van der Waals surface area contributed by atoms with Crippen LogP contribution in [0, 0.1) is 6.92 Å². The number of nitrogens with one attached hydrogen (secondary N) is 1. The van der Waals surface area contributed by atoms with E-state index in [1.54, 1.807) is 11.3 Å². The molecule has 0 amide bonds. The van der Waals surface area contributed by atoms with Crippen molar-refractivity contribution in [1.29, 1.82) is 0 Å². The van der Waals surface area contributed by atoms with Crippen molar-refractivity contribution >= 4 is 17.3 Å². The second kappa shape index (κ2) is 5.09. The second-order valence-corrected chi connectivity index (χ2v) is 5.74. The summed E-state index contributed by atoms with van der Waals surface area (Å²) in [6.07, 6.45) is 4.14. The first-order valence-electron chi connectivity index (χ1n) is 6.28. The van der Waals surface area contributed by atoms with Crippen molar-refractivity contribution in [3.63, 3.8) is 0 Å². The molecule has 0 unspecified atom stereocenters. The summed E-state index contributed by atoms with van der Waals surface area (Å²) < 4.78 is 4.70. The van der Waals surface area contributed by atoms with Crippen molar-refractivity contribution in [1.82, 2.24) is 9.97 Å². The van der Waals surface area contributed by atoms with E-state index in [4.69, 9.17) is 4.74 Å². The molecule has 0 saturated heterocycles. The molecule has 0 bridgehead atoms. The Bertz CT molecular complexity index is 729. The average Bonchev–Trinajstić information content (AvgIpc) is 3.05. The van der Waals surface area contributed by atoms with E-state index in [1.807, 2.05) is 25.4 Å². The van der Waals surface area contributed by atoms with E-state index in [0.29, 0.717) is 0 Å². The van der Waals surface area contributed by atoms with Crippen LogP contribution in [0.25, 0.3) is 21.7 Å². The van der Waals surface area contributed by atoms with Crippen molar-refractivity contribution in [3.8, 4) is 21.7 Å². The highest BCUT2D eigenvalue weighted by atomic mass is 32.1. The van der Waals surface area contributed by atoms with Gasteiger partial charge in [-0.3, -0.25) is 4.79 Å². The number of pyridine rings is 1. The smallest absolute Gasteiger partial charge is 0.311 e. The van der Waals surface area contributed by atoms with Gasteiger partial charge in [-0.15, -0.1) is 11.3 Å². The van der Waals surface area contributed by atoms with Crippen LogP contribution in [0.1, 0.15) is 10.6 Å². The van der Waals surface area contributed by atoms with Gasteiger partial charge in [0.1, 0.15) is 5.01 Å². The number of hydrogen-bond acceptors (Lipinski definition) is 4. The van der Waals surface area contributed by atoms with E-state index in [9.17, 15) is 4.79 Å². The fourth-order valence-electron chi connectivity index (χ4n) is 2.19. The Morgan fingerprint density at radius 1 is 1.35 bits per heavy atom. The number of rotatable bonds is 3. The number of aromatic amines is 1. The van der Waals surface area contributed by atoms with Crippen molar-refractivity contribution in [2.45, 2.75) is 13.3 Å². The van der Waals surface area contributed by atoms with Crippen LogP contribution in [0.3, 0.4) is 0 Å². The van der Waals surface area contributed by atoms with E-state index in [2.05, 4.69) is 22.1 Å². The maximum Gasteiger partial charge on any atom is 0.311 e. The van der Waals surface area contributed by atoms with Gasteiger partial charge in [-0.25, -0.2) is 4.98 Å². The van der Waals surface area contributed by atoms with E-state index in [0.717, 1.165) is 26.7 Å². The summed E-state index contributed by atoms with van der Waals surface area (Å²) in [6, 6.07) is 6.16. The van der Waals surface area contributed by atoms with Gasteiger partial charge in [0.25, 0.3) is 0 Å². The molecule has 1 aromatic heterocycles. The van der Waals surface area contributed by atoms with E-state index < -0.39 is 0 Å². The monoisotopic (exact) mass is 286 g/mol. The molecule has 1 N–H and O–H groups in total. The molecule has 1 aliphatic carbocycles. The topological polar surface area (TPSA) is 55.0 Å². The first kappa shape index (κ1) is 12.9. The van der Waals surface area contributed by atoms with E-state index in [-0.39, 0.29) is 12.4 Å². The molecule has 1 aromatic rings. The van der Waals surface area contributed by atoms with Gasteiger partial charge in [-0.05, 0) is 18.1 Å². The Hall–Kier alpha value is -2.14. The van der Waals surface area contributed by atoms with Gasteiger partial charge >= 0.3 is 5.97 Å². The molecule has 4 nitrogen and oxygen atoms in total. The van der Waals surface area contributed by atoms with Crippen molar-refractivity contribution in [2.75, 3.05) is 7.11 Å². The third-order valence-electron chi connectivity index (χ3n) is 3.27. The first-order valence-corrected chi connectivity index (χ1v) is 7.09. The molecule has 102 valence electrons. The Morgan fingerprint density at radius 3 is 3.00 bits per heavy atom. The predicted octanol–water partition coefficient (Wildman–Crippen LogP) is 3.27. The Balaban J connectivity index is 2.01. The lowest BCUT2D eigenvalue weighted by molar-refractivity contribution is -0.139. The van der Waals surface area contributed by atoms with Crippen LogP contribution in [0.5, 0.6) is 0 Å². The van der Waals surface area contributed by atoms with Crippen LogP contribution in [-0.4, -0.2) is 23.0 Å². The van der Waals surface area contributed by atoms with Gasteiger partial charge < -0.3 is 9.72 Å². The molecule has 0 radical (unpaired) electrons. The number of carbonyl (C=O) groups excluding carboxylic acids is 1. The number of H-pyrrole nitrogens is 1. The van der Waals surface area contributed by atoms with Gasteiger partial charge in [-0.1, -0.05) is 18.2 Å². The molecule has 0 aromatic carbocycles. The summed E-state index contributed by atoms with van der Waals surface area (Å²) in [5.41, 5.74) is 4.18. The molecular weight excluding hydrogens is 272 g/mol. The van der Waals surface area contributed by atoms with Crippen LogP contribution in [0.15, 0.2) is 30.6 Å². The maximum atomic E-state index is 11.4. The Kier molecular flexibility index (Phi) is 3.28. The third kappa shape index (κ3) is 2.20. The summed E-state index contributed by atoms with van der Waals surface area (Å²) in [6.45, 7) is 1.98. The molecule has 2 aliphatic rings. The van der Waals surface area contributed by atoms with Gasteiger partial charge in [0.05, 0.1) is 19.2 Å². The summed E-state index contributed by atoms with van der Waals surface area (Å²) in [7, 11) is 1.39. The standard InChI is InChI=1S/C15H14N2O2S/c1-9-13(6-14(18)19-2)17-15(20-9)12-8-16-7-10-4-3-5-11(10)12/h3-5,7-8,16H,6H2,1-2H3. The summed E-state index contributed by atoms with van der Waals surface area (Å²) in [4.78, 5) is 20.2. The zero-order chi connectivity index (χ0) is 14.1. The molecule has 0 saturated carbocycles. The van der Waals surface area contributed by atoms with E-state index >= 15 is 0 Å². The van der Waals surface area contributed by atoms with Crippen LogP contribution in [-0.2, 0) is 16.0 Å². The number of aryl methyl sites for hydroxylation is 1. The predicted molar refractivity (Wildman–Crippen MR) is 79.0 cm³/mol. The van der Waals surface area contributed by atoms with Crippen molar-refractivity contribution < 1.29 is 9.53 Å². The summed E-state index contributed by atoms with van der Waals surface area (Å²) in [5.74, 6) is -0.261. The number of methoxy groups -OCH3 is 1. The Labute approximate surface area is 120 Å². The van der Waals surface area contributed by atoms with Gasteiger partial charge in [-0.2, -0.15) is 0 Å². The first-order chi connectivity index (χ1) is 9.69. The fraction of sp³-hybridized carbons (Fsp3) is 0.200. The molecule has 3 rings (SSSR count). The minimum Gasteiger partial charge on any atom is -0.469 e. The quantitative estimate of drug-likeness (QED) is 0.752. The Morgan fingerprint density at radius 2 is 2.20 bits per heavy atom. The zero-order valence-corrected chi connectivity index (χ0v) is 12.1. The lowest BCUT2D eigenvalue weighted by atomic mass is 10.1. The molecule has 5 heteroatoms. The average molecular weight is 286 g/mol. The molecule has 0 spiro atoms. The van der Waals surface area contributed by atoms with Crippen molar-refractivity contribution in [2.24, 2.45) is 0 Å². The summed E-state index contributed by atoms with van der Waals surface area (Å²) >= 11 is 1.60. The third-order valence-corrected chi connectivity index (χ3v) is 4.32. The summed E-state index contributed by atoms with van der Waals surface area (Å²) in [5, 5.41) is 0.925. The molecule has 2 heterocycles.